The maximum Gasteiger partial charge on any atom is 0.227 e. The van der Waals surface area contributed by atoms with E-state index in [1.54, 1.807) is 13.1 Å². The number of aryl methyl sites for hydroxylation is 2. The van der Waals surface area contributed by atoms with Gasteiger partial charge in [-0.2, -0.15) is 10.1 Å². The third-order valence-electron chi connectivity index (χ3n) is 2.59. The number of anilines is 1. The molecule has 0 spiro atoms. The minimum atomic E-state index is -0.313. The summed E-state index contributed by atoms with van der Waals surface area (Å²) in [5.41, 5.74) is 0.758. The van der Waals surface area contributed by atoms with Crippen molar-refractivity contribution >= 4 is 27.8 Å². The normalized spacial score (nSPS) is 10.5. The highest BCUT2D eigenvalue weighted by molar-refractivity contribution is 9.10. The summed E-state index contributed by atoms with van der Waals surface area (Å²) in [6, 6.07) is 4.41. The summed E-state index contributed by atoms with van der Waals surface area (Å²) >= 11 is 3.33. The van der Waals surface area contributed by atoms with Crippen LogP contribution in [-0.2, 0) is 18.3 Å². The Hall–Kier alpha value is -1.76. The van der Waals surface area contributed by atoms with Crippen molar-refractivity contribution < 1.29 is 9.18 Å². The fourth-order valence-electron chi connectivity index (χ4n) is 1.58. The second kappa shape index (κ2) is 5.92. The Morgan fingerprint density at radius 2 is 2.32 bits per heavy atom. The Balaban J connectivity index is 1.93. The van der Waals surface area contributed by atoms with Crippen molar-refractivity contribution in [1.29, 1.82) is 0 Å². The van der Waals surface area contributed by atoms with Gasteiger partial charge in [0.15, 0.2) is 0 Å². The first kappa shape index (κ1) is 13.7. The highest BCUT2D eigenvalue weighted by Gasteiger charge is 2.09. The summed E-state index contributed by atoms with van der Waals surface area (Å²) in [4.78, 5) is 15.6. The van der Waals surface area contributed by atoms with Crippen molar-refractivity contribution in [3.8, 4) is 0 Å². The largest absolute Gasteiger partial charge is 0.295 e. The molecule has 1 amide bonds. The summed E-state index contributed by atoms with van der Waals surface area (Å²) in [5.74, 6) is -0.109. The maximum absolute atomic E-state index is 13.1. The highest BCUT2D eigenvalue weighted by Crippen LogP contribution is 2.19. The highest BCUT2D eigenvalue weighted by atomic mass is 79.9. The average molecular weight is 327 g/mol. The molecule has 0 saturated carbocycles. The molecule has 0 radical (unpaired) electrons. The smallest absolute Gasteiger partial charge is 0.227 e. The van der Waals surface area contributed by atoms with Crippen molar-refractivity contribution in [2.24, 2.45) is 7.05 Å². The number of amides is 1. The third kappa shape index (κ3) is 3.60. The Morgan fingerprint density at radius 1 is 1.53 bits per heavy atom. The standard InChI is InChI=1S/C12H12BrFN4O/c1-18-12(15-7-16-18)17-11(19)5-2-8-6-9(14)3-4-10(8)13/h3-4,6-7H,2,5H2,1H3,(H,15,16,17,19). The molecule has 0 unspecified atom stereocenters. The van der Waals surface area contributed by atoms with Crippen LogP contribution in [0.4, 0.5) is 10.3 Å². The van der Waals surface area contributed by atoms with Crippen molar-refractivity contribution in [3.63, 3.8) is 0 Å². The van der Waals surface area contributed by atoms with E-state index < -0.39 is 0 Å². The van der Waals surface area contributed by atoms with Gasteiger partial charge in [0.25, 0.3) is 0 Å². The molecule has 0 atom stereocenters. The predicted molar refractivity (Wildman–Crippen MR) is 72.1 cm³/mol. The van der Waals surface area contributed by atoms with Gasteiger partial charge in [-0.15, -0.1) is 0 Å². The van der Waals surface area contributed by atoms with Crippen LogP contribution in [0.1, 0.15) is 12.0 Å². The topological polar surface area (TPSA) is 59.8 Å². The van der Waals surface area contributed by atoms with Gasteiger partial charge in [0, 0.05) is 17.9 Å². The predicted octanol–water partition coefficient (Wildman–Crippen LogP) is 2.29. The SMILES string of the molecule is Cn1ncnc1NC(=O)CCc1cc(F)ccc1Br. The van der Waals surface area contributed by atoms with Gasteiger partial charge in [0.2, 0.25) is 11.9 Å². The summed E-state index contributed by atoms with van der Waals surface area (Å²) < 4.78 is 15.3. The number of benzene rings is 1. The number of aromatic nitrogens is 3. The van der Waals surface area contributed by atoms with E-state index in [2.05, 4.69) is 31.3 Å². The van der Waals surface area contributed by atoms with Gasteiger partial charge < -0.3 is 0 Å². The van der Waals surface area contributed by atoms with Gasteiger partial charge in [0.05, 0.1) is 0 Å². The van der Waals surface area contributed by atoms with Gasteiger partial charge in [-0.1, -0.05) is 15.9 Å². The molecule has 100 valence electrons. The van der Waals surface area contributed by atoms with Crippen LogP contribution in [-0.4, -0.2) is 20.7 Å². The molecule has 19 heavy (non-hydrogen) atoms. The van der Waals surface area contributed by atoms with E-state index in [-0.39, 0.29) is 18.1 Å². The van der Waals surface area contributed by atoms with Crippen molar-refractivity contribution in [2.75, 3.05) is 5.32 Å². The average Bonchev–Trinajstić information content (AvgIpc) is 2.76. The summed E-state index contributed by atoms with van der Waals surface area (Å²) in [5, 5.41) is 6.48. The molecular weight excluding hydrogens is 315 g/mol. The molecule has 0 bridgehead atoms. The Kier molecular flexibility index (Phi) is 4.26. The van der Waals surface area contributed by atoms with Crippen molar-refractivity contribution in [3.05, 3.63) is 40.4 Å². The first-order valence-corrected chi connectivity index (χ1v) is 6.43. The summed E-state index contributed by atoms with van der Waals surface area (Å²) in [6.45, 7) is 0. The molecular formula is C12H12BrFN4O. The number of hydrogen-bond donors (Lipinski definition) is 1. The van der Waals surface area contributed by atoms with E-state index in [1.807, 2.05) is 0 Å². The van der Waals surface area contributed by atoms with Crippen molar-refractivity contribution in [2.45, 2.75) is 12.8 Å². The lowest BCUT2D eigenvalue weighted by atomic mass is 10.1. The van der Waals surface area contributed by atoms with Gasteiger partial charge in [-0.25, -0.2) is 9.07 Å². The van der Waals surface area contributed by atoms with Crippen LogP contribution in [0.2, 0.25) is 0 Å². The lowest BCUT2D eigenvalue weighted by Gasteiger charge is -2.06. The van der Waals surface area contributed by atoms with E-state index >= 15 is 0 Å². The zero-order valence-electron chi connectivity index (χ0n) is 10.2. The summed E-state index contributed by atoms with van der Waals surface area (Å²) in [6.07, 6.45) is 2.05. The number of rotatable bonds is 4. The van der Waals surface area contributed by atoms with E-state index in [9.17, 15) is 9.18 Å². The Bertz CT molecular complexity index is 599. The zero-order valence-corrected chi connectivity index (χ0v) is 11.8. The molecule has 5 nitrogen and oxygen atoms in total. The van der Waals surface area contributed by atoms with Crippen LogP contribution in [0, 0.1) is 5.82 Å². The van der Waals surface area contributed by atoms with Gasteiger partial charge in [-0.05, 0) is 30.2 Å². The minimum Gasteiger partial charge on any atom is -0.295 e. The molecule has 1 aromatic heterocycles. The third-order valence-corrected chi connectivity index (χ3v) is 3.37. The molecule has 0 aliphatic heterocycles. The van der Waals surface area contributed by atoms with Crippen LogP contribution in [0.25, 0.3) is 0 Å². The first-order chi connectivity index (χ1) is 9.06. The molecule has 7 heteroatoms. The minimum absolute atomic E-state index is 0.188. The molecule has 1 aromatic carbocycles. The number of hydrogen-bond acceptors (Lipinski definition) is 3. The maximum atomic E-state index is 13.1. The number of carbonyl (C=O) groups is 1. The quantitative estimate of drug-likeness (QED) is 0.937. The second-order valence-electron chi connectivity index (χ2n) is 3.99. The van der Waals surface area contributed by atoms with E-state index in [1.165, 1.54) is 23.1 Å². The molecule has 1 heterocycles. The fraction of sp³-hybridized carbons (Fsp3) is 0.250. The zero-order chi connectivity index (χ0) is 13.8. The monoisotopic (exact) mass is 326 g/mol. The molecule has 2 aromatic rings. The van der Waals surface area contributed by atoms with E-state index in [4.69, 9.17) is 0 Å². The molecule has 1 N–H and O–H groups in total. The number of nitrogens with zero attached hydrogens (tertiary/aromatic N) is 3. The molecule has 0 aliphatic carbocycles. The molecule has 2 rings (SSSR count). The van der Waals surface area contributed by atoms with Crippen LogP contribution in [0.5, 0.6) is 0 Å². The van der Waals surface area contributed by atoms with Gasteiger partial charge in [-0.3, -0.25) is 10.1 Å². The van der Waals surface area contributed by atoms with Crippen LogP contribution in [0.15, 0.2) is 29.0 Å². The van der Waals surface area contributed by atoms with Crippen molar-refractivity contribution in [1.82, 2.24) is 14.8 Å². The summed E-state index contributed by atoms with van der Waals surface area (Å²) in [7, 11) is 1.69. The number of halogens is 2. The Morgan fingerprint density at radius 3 is 3.00 bits per heavy atom. The second-order valence-corrected chi connectivity index (χ2v) is 4.85. The van der Waals surface area contributed by atoms with Crippen LogP contribution >= 0.6 is 15.9 Å². The van der Waals surface area contributed by atoms with E-state index in [0.29, 0.717) is 12.4 Å². The Labute approximate surface area is 118 Å². The number of nitrogens with one attached hydrogen (secondary N) is 1. The molecule has 0 aliphatic rings. The lowest BCUT2D eigenvalue weighted by molar-refractivity contribution is -0.116. The van der Waals surface area contributed by atoms with Gasteiger partial charge >= 0.3 is 0 Å². The van der Waals surface area contributed by atoms with Gasteiger partial charge in [0.1, 0.15) is 12.1 Å². The number of carbonyl (C=O) groups excluding carboxylic acids is 1. The molecule has 0 saturated heterocycles. The van der Waals surface area contributed by atoms with E-state index in [0.717, 1.165) is 10.0 Å². The first-order valence-electron chi connectivity index (χ1n) is 5.64. The van der Waals surface area contributed by atoms with Crippen LogP contribution in [0.3, 0.4) is 0 Å². The fourth-order valence-corrected chi connectivity index (χ4v) is 2.02. The van der Waals surface area contributed by atoms with Crippen LogP contribution < -0.4 is 5.32 Å². The molecule has 0 fully saturated rings. The lowest BCUT2D eigenvalue weighted by Crippen LogP contribution is -2.15.